The number of benzene rings is 2. The lowest BCUT2D eigenvalue weighted by Crippen LogP contribution is -2.34. The summed E-state index contributed by atoms with van der Waals surface area (Å²) >= 11 is 0. The lowest BCUT2D eigenvalue weighted by molar-refractivity contribution is -0.180. The van der Waals surface area contributed by atoms with Crippen molar-refractivity contribution in [1.82, 2.24) is 0 Å². The summed E-state index contributed by atoms with van der Waals surface area (Å²) in [5.41, 5.74) is 2.08. The SMILES string of the molecule is COc1cc(C)cc(COc2ccc(S(=O)(=O)C=CC3CCC4(CC3)OCCO4)cc2)c1. The van der Waals surface area contributed by atoms with Crippen LogP contribution in [0, 0.1) is 12.8 Å². The quantitative estimate of drug-likeness (QED) is 0.593. The molecule has 1 aliphatic carbocycles. The predicted molar refractivity (Wildman–Crippen MR) is 121 cm³/mol. The third-order valence-electron chi connectivity index (χ3n) is 6.04. The first-order valence-electron chi connectivity index (χ1n) is 11.0. The molecule has 1 saturated carbocycles. The molecule has 0 unspecified atom stereocenters. The molecule has 6 nitrogen and oxygen atoms in total. The summed E-state index contributed by atoms with van der Waals surface area (Å²) in [7, 11) is -1.87. The zero-order valence-electron chi connectivity index (χ0n) is 18.6. The largest absolute Gasteiger partial charge is 0.497 e. The van der Waals surface area contributed by atoms with E-state index in [1.165, 1.54) is 5.41 Å². The summed E-state index contributed by atoms with van der Waals surface area (Å²) in [6, 6.07) is 12.5. The fourth-order valence-corrected chi connectivity index (χ4v) is 5.37. The Bertz CT molecular complexity index is 1040. The maximum Gasteiger partial charge on any atom is 0.199 e. The topological polar surface area (TPSA) is 71.1 Å². The zero-order valence-corrected chi connectivity index (χ0v) is 19.4. The molecule has 32 heavy (non-hydrogen) atoms. The van der Waals surface area contributed by atoms with Crippen LogP contribution >= 0.6 is 0 Å². The second kappa shape index (κ2) is 9.65. The normalized spacial score (nSPS) is 18.9. The van der Waals surface area contributed by atoms with Gasteiger partial charge in [0.15, 0.2) is 15.6 Å². The minimum atomic E-state index is -3.50. The highest BCUT2D eigenvalue weighted by molar-refractivity contribution is 7.94. The second-order valence-electron chi connectivity index (χ2n) is 8.44. The van der Waals surface area contributed by atoms with E-state index in [-0.39, 0.29) is 10.8 Å². The molecule has 0 atom stereocenters. The molecule has 0 aromatic heterocycles. The van der Waals surface area contributed by atoms with Crippen LogP contribution in [0.5, 0.6) is 11.5 Å². The monoisotopic (exact) mass is 458 g/mol. The molecule has 2 aromatic rings. The van der Waals surface area contributed by atoms with Crippen molar-refractivity contribution in [3.63, 3.8) is 0 Å². The van der Waals surface area contributed by atoms with Crippen LogP contribution in [-0.2, 0) is 25.9 Å². The minimum Gasteiger partial charge on any atom is -0.497 e. The van der Waals surface area contributed by atoms with E-state index in [1.807, 2.05) is 31.2 Å². The van der Waals surface area contributed by atoms with Gasteiger partial charge in [-0.15, -0.1) is 0 Å². The molecule has 0 N–H and O–H groups in total. The summed E-state index contributed by atoms with van der Waals surface area (Å²) in [5, 5.41) is 1.33. The average molecular weight is 459 g/mol. The van der Waals surface area contributed by atoms with Gasteiger partial charge in [0.2, 0.25) is 0 Å². The fraction of sp³-hybridized carbons (Fsp3) is 0.440. The molecule has 1 spiro atoms. The second-order valence-corrected chi connectivity index (χ2v) is 10.3. The van der Waals surface area contributed by atoms with Crippen LogP contribution in [-0.4, -0.2) is 34.5 Å². The lowest BCUT2D eigenvalue weighted by Gasteiger charge is -2.34. The highest BCUT2D eigenvalue weighted by Gasteiger charge is 2.39. The zero-order chi connectivity index (χ0) is 22.6. The summed E-state index contributed by atoms with van der Waals surface area (Å²) in [6.45, 7) is 3.67. The fourth-order valence-electron chi connectivity index (χ4n) is 4.27. The van der Waals surface area contributed by atoms with Gasteiger partial charge in [-0.2, -0.15) is 0 Å². The molecular formula is C25H30O6S. The van der Waals surface area contributed by atoms with E-state index in [4.69, 9.17) is 18.9 Å². The van der Waals surface area contributed by atoms with Crippen LogP contribution in [0.25, 0.3) is 0 Å². The maximum atomic E-state index is 12.7. The summed E-state index contributed by atoms with van der Waals surface area (Å²) in [4.78, 5) is 0.257. The molecule has 172 valence electrons. The summed E-state index contributed by atoms with van der Waals surface area (Å²) in [6.07, 6.45) is 5.15. The number of hydrogen-bond donors (Lipinski definition) is 0. The van der Waals surface area contributed by atoms with Gasteiger partial charge in [0.05, 0.1) is 25.2 Å². The third-order valence-corrected chi connectivity index (χ3v) is 7.48. The van der Waals surface area contributed by atoms with Gasteiger partial charge < -0.3 is 18.9 Å². The van der Waals surface area contributed by atoms with E-state index < -0.39 is 15.6 Å². The van der Waals surface area contributed by atoms with Crippen molar-refractivity contribution in [3.8, 4) is 11.5 Å². The van der Waals surface area contributed by atoms with Gasteiger partial charge in [-0.1, -0.05) is 12.1 Å². The smallest absolute Gasteiger partial charge is 0.199 e. The Morgan fingerprint density at radius 3 is 2.38 bits per heavy atom. The van der Waals surface area contributed by atoms with Crippen LogP contribution in [0.15, 0.2) is 58.8 Å². The number of sulfone groups is 1. The molecule has 2 fully saturated rings. The van der Waals surface area contributed by atoms with Crippen LogP contribution in [0.3, 0.4) is 0 Å². The standard InChI is InChI=1S/C25H30O6S/c1-19-15-21(17-23(16-19)28-2)18-29-22-3-5-24(6-4-22)32(26,27)14-9-20-7-10-25(11-8-20)30-12-13-31-25/h3-6,9,14-17,20H,7-8,10-13,18H2,1-2H3. The predicted octanol–water partition coefficient (Wildman–Crippen LogP) is 4.80. The molecule has 0 amide bonds. The van der Waals surface area contributed by atoms with Crippen molar-refractivity contribution in [2.45, 2.75) is 49.9 Å². The first-order chi connectivity index (χ1) is 15.4. The molecule has 2 aliphatic rings. The Morgan fingerprint density at radius 1 is 1.03 bits per heavy atom. The molecule has 2 aromatic carbocycles. The molecule has 1 saturated heterocycles. The van der Waals surface area contributed by atoms with Crippen LogP contribution in [0.2, 0.25) is 0 Å². The van der Waals surface area contributed by atoms with Gasteiger partial charge in [0.25, 0.3) is 0 Å². The van der Waals surface area contributed by atoms with E-state index in [2.05, 4.69) is 0 Å². The van der Waals surface area contributed by atoms with E-state index in [9.17, 15) is 8.42 Å². The highest BCUT2D eigenvalue weighted by atomic mass is 32.2. The van der Waals surface area contributed by atoms with Crippen molar-refractivity contribution >= 4 is 9.84 Å². The van der Waals surface area contributed by atoms with E-state index in [0.717, 1.165) is 42.6 Å². The number of aryl methyl sites for hydroxylation is 1. The van der Waals surface area contributed by atoms with Crippen molar-refractivity contribution in [3.05, 3.63) is 65.1 Å². The Hall–Kier alpha value is -2.35. The number of methoxy groups -OCH3 is 1. The highest BCUT2D eigenvalue weighted by Crippen LogP contribution is 2.38. The van der Waals surface area contributed by atoms with Crippen LogP contribution in [0.4, 0.5) is 0 Å². The van der Waals surface area contributed by atoms with E-state index >= 15 is 0 Å². The van der Waals surface area contributed by atoms with Crippen LogP contribution < -0.4 is 9.47 Å². The lowest BCUT2D eigenvalue weighted by atomic mass is 9.85. The molecule has 0 bridgehead atoms. The van der Waals surface area contributed by atoms with Gasteiger partial charge in [0.1, 0.15) is 18.1 Å². The molecule has 1 heterocycles. The van der Waals surface area contributed by atoms with Crippen molar-refractivity contribution in [2.75, 3.05) is 20.3 Å². The molecular weight excluding hydrogens is 428 g/mol. The number of hydrogen-bond acceptors (Lipinski definition) is 6. The molecule has 1 aliphatic heterocycles. The number of ether oxygens (including phenoxy) is 4. The van der Waals surface area contributed by atoms with Crippen LogP contribution in [0.1, 0.15) is 36.8 Å². The Labute approximate surface area is 190 Å². The van der Waals surface area contributed by atoms with E-state index in [1.54, 1.807) is 31.4 Å². The minimum absolute atomic E-state index is 0.220. The van der Waals surface area contributed by atoms with Crippen molar-refractivity contribution in [1.29, 1.82) is 0 Å². The number of allylic oxidation sites excluding steroid dienone is 1. The van der Waals surface area contributed by atoms with Crippen molar-refractivity contribution < 1.29 is 27.4 Å². The van der Waals surface area contributed by atoms with E-state index in [0.29, 0.717) is 25.6 Å². The average Bonchev–Trinajstić information content (AvgIpc) is 3.25. The van der Waals surface area contributed by atoms with Gasteiger partial charge in [-0.25, -0.2) is 8.42 Å². The Balaban J connectivity index is 1.33. The Morgan fingerprint density at radius 2 is 1.72 bits per heavy atom. The molecule has 7 heteroatoms. The first-order valence-corrected chi connectivity index (χ1v) is 12.5. The van der Waals surface area contributed by atoms with Gasteiger partial charge in [0, 0.05) is 18.2 Å². The first kappa shape index (κ1) is 22.8. The van der Waals surface area contributed by atoms with Gasteiger partial charge in [-0.05, 0) is 73.2 Å². The third kappa shape index (κ3) is 5.52. The van der Waals surface area contributed by atoms with Gasteiger partial charge in [-0.3, -0.25) is 0 Å². The summed E-state index contributed by atoms with van der Waals surface area (Å²) < 4.78 is 48.1. The summed E-state index contributed by atoms with van der Waals surface area (Å²) in [5.74, 6) is 1.19. The Kier molecular flexibility index (Phi) is 6.88. The number of rotatable bonds is 7. The van der Waals surface area contributed by atoms with Gasteiger partial charge >= 0.3 is 0 Å². The molecule has 4 rings (SSSR count). The maximum absolute atomic E-state index is 12.7. The van der Waals surface area contributed by atoms with Crippen molar-refractivity contribution in [2.24, 2.45) is 5.92 Å². The molecule has 0 radical (unpaired) electrons.